The first-order valence-corrected chi connectivity index (χ1v) is 13.4. The summed E-state index contributed by atoms with van der Waals surface area (Å²) < 4.78 is 0. The topological polar surface area (TPSA) is 30.5 Å². The molecule has 0 aromatic heterocycles. The van der Waals surface area contributed by atoms with E-state index in [-0.39, 0.29) is 0 Å². The van der Waals surface area contributed by atoms with Crippen LogP contribution in [0.1, 0.15) is 74.1 Å². The molecule has 184 valence electrons. The average Bonchev–Trinajstić information content (AvgIpc) is 3.30. The standard InChI is InChI=1S/C30H44N4/c1-4-5-13-28-22-33(20-18-26(12-9-19-31-3)25-10-7-6-8-11-25)23-29-21-30(32-34(28)29)27-16-14-24(2)15-17-27/h6-8,10-11,14-17,21,26,28,30-32H,4-5,9,12-13,18-20,22-23H2,1-3H3. The first-order chi connectivity index (χ1) is 16.7. The Hall–Kier alpha value is -2.14. The molecule has 1 saturated heterocycles. The van der Waals surface area contributed by atoms with Crippen molar-refractivity contribution in [2.24, 2.45) is 0 Å². The summed E-state index contributed by atoms with van der Waals surface area (Å²) in [4.78, 5) is 2.72. The maximum atomic E-state index is 3.84. The zero-order chi connectivity index (χ0) is 23.8. The molecule has 2 aliphatic heterocycles. The lowest BCUT2D eigenvalue weighted by atomic mass is 9.90. The highest BCUT2D eigenvalue weighted by Gasteiger charge is 2.35. The third-order valence-electron chi connectivity index (χ3n) is 7.54. The lowest BCUT2D eigenvalue weighted by Gasteiger charge is -2.42. The van der Waals surface area contributed by atoms with Crippen LogP contribution in [0.3, 0.4) is 0 Å². The van der Waals surface area contributed by atoms with Gasteiger partial charge in [-0.15, -0.1) is 0 Å². The maximum Gasteiger partial charge on any atom is 0.0713 e. The molecule has 3 unspecified atom stereocenters. The lowest BCUT2D eigenvalue weighted by Crippen LogP contribution is -2.54. The first kappa shape index (κ1) is 25.0. The van der Waals surface area contributed by atoms with E-state index in [1.807, 2.05) is 0 Å². The van der Waals surface area contributed by atoms with Gasteiger partial charge < -0.3 is 10.3 Å². The Morgan fingerprint density at radius 2 is 1.82 bits per heavy atom. The number of fused-ring (bicyclic) bond motifs is 1. The van der Waals surface area contributed by atoms with Crippen molar-refractivity contribution in [3.05, 3.63) is 83.1 Å². The Labute approximate surface area is 207 Å². The van der Waals surface area contributed by atoms with Crippen LogP contribution in [0.2, 0.25) is 0 Å². The number of rotatable bonds is 12. The van der Waals surface area contributed by atoms with Gasteiger partial charge in [-0.2, -0.15) is 0 Å². The van der Waals surface area contributed by atoms with Crippen molar-refractivity contribution in [1.82, 2.24) is 20.7 Å². The van der Waals surface area contributed by atoms with Crippen LogP contribution in [-0.4, -0.2) is 49.2 Å². The van der Waals surface area contributed by atoms with E-state index in [0.717, 1.165) is 19.6 Å². The highest BCUT2D eigenvalue weighted by Crippen LogP contribution is 2.32. The Morgan fingerprint density at radius 3 is 2.56 bits per heavy atom. The molecule has 2 aromatic carbocycles. The molecule has 2 aromatic rings. The van der Waals surface area contributed by atoms with Gasteiger partial charge in [0, 0.05) is 18.8 Å². The lowest BCUT2D eigenvalue weighted by molar-refractivity contribution is 0.0748. The van der Waals surface area contributed by atoms with Crippen molar-refractivity contribution in [2.45, 2.75) is 70.4 Å². The van der Waals surface area contributed by atoms with Crippen molar-refractivity contribution in [3.8, 4) is 0 Å². The van der Waals surface area contributed by atoms with Gasteiger partial charge in [0.05, 0.1) is 12.1 Å². The number of hydrazine groups is 1. The minimum absolute atomic E-state index is 0.290. The van der Waals surface area contributed by atoms with Gasteiger partial charge in [0.1, 0.15) is 0 Å². The third kappa shape index (κ3) is 6.50. The van der Waals surface area contributed by atoms with Crippen LogP contribution in [0.25, 0.3) is 0 Å². The van der Waals surface area contributed by atoms with Crippen molar-refractivity contribution < 1.29 is 0 Å². The van der Waals surface area contributed by atoms with Crippen molar-refractivity contribution in [2.75, 3.05) is 33.2 Å². The quantitative estimate of drug-likeness (QED) is 0.393. The minimum atomic E-state index is 0.290. The van der Waals surface area contributed by atoms with E-state index in [1.165, 1.54) is 67.5 Å². The van der Waals surface area contributed by atoms with Crippen molar-refractivity contribution in [3.63, 3.8) is 0 Å². The molecule has 0 spiro atoms. The summed E-state index contributed by atoms with van der Waals surface area (Å²) in [6.07, 6.45) is 9.98. The van der Waals surface area contributed by atoms with Gasteiger partial charge in [0.2, 0.25) is 0 Å². The molecule has 0 radical (unpaired) electrons. The molecule has 34 heavy (non-hydrogen) atoms. The molecule has 0 bridgehead atoms. The largest absolute Gasteiger partial charge is 0.320 e. The summed E-state index contributed by atoms with van der Waals surface area (Å²) in [7, 11) is 2.06. The zero-order valence-electron chi connectivity index (χ0n) is 21.5. The fourth-order valence-corrected chi connectivity index (χ4v) is 5.53. The van der Waals surface area contributed by atoms with Crippen LogP contribution in [0.15, 0.2) is 66.4 Å². The number of nitrogens with zero attached hydrogens (tertiary/aromatic N) is 2. The Balaban J connectivity index is 1.44. The number of benzene rings is 2. The molecular formula is C30H44N4. The summed E-state index contributed by atoms with van der Waals surface area (Å²) in [6.45, 7) is 8.94. The van der Waals surface area contributed by atoms with Crippen LogP contribution in [0.5, 0.6) is 0 Å². The molecule has 1 fully saturated rings. The number of nitrogens with one attached hydrogen (secondary N) is 2. The normalized spacial score (nSPS) is 21.4. The molecule has 4 nitrogen and oxygen atoms in total. The second-order valence-electron chi connectivity index (χ2n) is 10.2. The fourth-order valence-electron chi connectivity index (χ4n) is 5.53. The number of hydrogen-bond donors (Lipinski definition) is 2. The second-order valence-corrected chi connectivity index (χ2v) is 10.2. The van der Waals surface area contributed by atoms with Crippen molar-refractivity contribution >= 4 is 0 Å². The maximum absolute atomic E-state index is 3.84. The Morgan fingerprint density at radius 1 is 1.03 bits per heavy atom. The van der Waals surface area contributed by atoms with Crippen LogP contribution < -0.4 is 10.7 Å². The number of aryl methyl sites for hydroxylation is 1. The molecule has 2 N–H and O–H groups in total. The molecule has 2 aliphatic rings. The van der Waals surface area contributed by atoms with Gasteiger partial charge in [0.25, 0.3) is 0 Å². The third-order valence-corrected chi connectivity index (χ3v) is 7.54. The van der Waals surface area contributed by atoms with Crippen molar-refractivity contribution in [1.29, 1.82) is 0 Å². The van der Waals surface area contributed by atoms with Crippen LogP contribution in [-0.2, 0) is 0 Å². The van der Waals surface area contributed by atoms with Crippen LogP contribution >= 0.6 is 0 Å². The highest BCUT2D eigenvalue weighted by molar-refractivity contribution is 5.31. The Kier molecular flexibility index (Phi) is 9.20. The minimum Gasteiger partial charge on any atom is -0.320 e. The van der Waals surface area contributed by atoms with Gasteiger partial charge in [-0.25, -0.2) is 5.43 Å². The second kappa shape index (κ2) is 12.5. The fraction of sp³-hybridized carbons (Fsp3) is 0.533. The molecule has 4 heteroatoms. The summed E-state index contributed by atoms with van der Waals surface area (Å²) in [5.74, 6) is 0.637. The van der Waals surface area contributed by atoms with E-state index in [4.69, 9.17) is 0 Å². The van der Waals surface area contributed by atoms with Gasteiger partial charge in [-0.3, -0.25) is 4.90 Å². The van der Waals surface area contributed by atoms with Gasteiger partial charge in [-0.1, -0.05) is 79.9 Å². The molecule has 4 rings (SSSR count). The first-order valence-electron chi connectivity index (χ1n) is 13.4. The summed E-state index contributed by atoms with van der Waals surface area (Å²) in [5, 5.41) is 5.83. The van der Waals surface area contributed by atoms with E-state index >= 15 is 0 Å². The van der Waals surface area contributed by atoms with E-state index in [1.54, 1.807) is 0 Å². The summed E-state index contributed by atoms with van der Waals surface area (Å²) in [5.41, 5.74) is 9.49. The molecular weight excluding hydrogens is 416 g/mol. The van der Waals surface area contributed by atoms with Gasteiger partial charge in [-0.05, 0) is 75.9 Å². The number of piperazine rings is 1. The molecule has 0 aliphatic carbocycles. The summed E-state index contributed by atoms with van der Waals surface area (Å²) >= 11 is 0. The SMILES string of the molecule is CCCCC1CN(CCC(CCCNC)c2ccccc2)CC2=CC(c3ccc(C)cc3)NN21. The zero-order valence-corrected chi connectivity index (χ0v) is 21.5. The molecule has 0 amide bonds. The van der Waals surface area contributed by atoms with Crippen LogP contribution in [0, 0.1) is 6.92 Å². The van der Waals surface area contributed by atoms with E-state index in [9.17, 15) is 0 Å². The monoisotopic (exact) mass is 460 g/mol. The molecule has 0 saturated carbocycles. The molecule has 2 heterocycles. The number of hydrogen-bond acceptors (Lipinski definition) is 4. The average molecular weight is 461 g/mol. The predicted molar refractivity (Wildman–Crippen MR) is 144 cm³/mol. The van der Waals surface area contributed by atoms with E-state index < -0.39 is 0 Å². The van der Waals surface area contributed by atoms with E-state index in [2.05, 4.69) is 102 Å². The number of unbranched alkanes of at least 4 members (excludes halogenated alkanes) is 1. The Bertz CT molecular complexity index is 892. The highest BCUT2D eigenvalue weighted by atomic mass is 15.6. The van der Waals surface area contributed by atoms with Gasteiger partial charge >= 0.3 is 0 Å². The smallest absolute Gasteiger partial charge is 0.0713 e. The predicted octanol–water partition coefficient (Wildman–Crippen LogP) is 5.79. The van der Waals surface area contributed by atoms with Crippen LogP contribution in [0.4, 0.5) is 0 Å². The van der Waals surface area contributed by atoms with E-state index in [0.29, 0.717) is 18.0 Å². The summed E-state index contributed by atoms with van der Waals surface area (Å²) in [6, 6.07) is 21.0. The molecule has 3 atom stereocenters. The van der Waals surface area contributed by atoms with Gasteiger partial charge in [0.15, 0.2) is 0 Å².